The number of nitrogens with one attached hydrogen (secondary N) is 1. The number of aromatic nitrogens is 2. The van der Waals surface area contributed by atoms with Crippen LogP contribution in [-0.2, 0) is 0 Å². The summed E-state index contributed by atoms with van der Waals surface area (Å²) in [4.78, 5) is 8.63. The topological polar surface area (TPSA) is 56.3 Å². The van der Waals surface area contributed by atoms with Crippen molar-refractivity contribution in [2.45, 2.75) is 0 Å². The molecule has 0 bridgehead atoms. The summed E-state index contributed by atoms with van der Waals surface area (Å²) in [5, 5.41) is 2.98. The highest BCUT2D eigenvalue weighted by molar-refractivity contribution is 5.66. The van der Waals surface area contributed by atoms with Gasteiger partial charge in [-0.25, -0.2) is 9.97 Å². The van der Waals surface area contributed by atoms with Crippen molar-refractivity contribution in [3.63, 3.8) is 0 Å². The fourth-order valence-corrected chi connectivity index (χ4v) is 1.61. The van der Waals surface area contributed by atoms with Crippen molar-refractivity contribution in [1.29, 1.82) is 0 Å². The summed E-state index contributed by atoms with van der Waals surface area (Å²) >= 11 is 0. The zero-order valence-electron chi connectivity index (χ0n) is 10.6. The Labute approximate surface area is 106 Å². The largest absolute Gasteiger partial charge is 0.497 e. The van der Waals surface area contributed by atoms with Crippen LogP contribution in [0.5, 0.6) is 11.5 Å². The Morgan fingerprint density at radius 2 is 1.94 bits per heavy atom. The molecule has 0 unspecified atom stereocenters. The van der Waals surface area contributed by atoms with E-state index in [0.717, 1.165) is 17.1 Å². The highest BCUT2D eigenvalue weighted by Gasteiger charge is 2.10. The van der Waals surface area contributed by atoms with Crippen molar-refractivity contribution in [2.75, 3.05) is 26.6 Å². The molecule has 0 saturated heterocycles. The lowest BCUT2D eigenvalue weighted by Crippen LogP contribution is -1.97. The SMILES string of the molecule is CNc1ccnc(-c2ccc(OC)cc2OC)n1. The molecule has 0 fully saturated rings. The number of nitrogens with zero attached hydrogens (tertiary/aromatic N) is 2. The molecule has 0 radical (unpaired) electrons. The van der Waals surface area contributed by atoms with E-state index in [1.165, 1.54) is 0 Å². The van der Waals surface area contributed by atoms with E-state index in [4.69, 9.17) is 9.47 Å². The highest BCUT2D eigenvalue weighted by atomic mass is 16.5. The maximum absolute atomic E-state index is 5.34. The van der Waals surface area contributed by atoms with E-state index >= 15 is 0 Å². The van der Waals surface area contributed by atoms with E-state index in [-0.39, 0.29) is 0 Å². The van der Waals surface area contributed by atoms with Gasteiger partial charge in [-0.1, -0.05) is 0 Å². The minimum absolute atomic E-state index is 0.612. The Balaban J connectivity index is 2.48. The van der Waals surface area contributed by atoms with Crippen LogP contribution in [0, 0.1) is 0 Å². The second-order valence-corrected chi connectivity index (χ2v) is 3.58. The number of ether oxygens (including phenoxy) is 2. The molecule has 0 aliphatic heterocycles. The molecule has 1 aromatic heterocycles. The Morgan fingerprint density at radius 3 is 2.61 bits per heavy atom. The predicted octanol–water partition coefficient (Wildman–Crippen LogP) is 2.20. The van der Waals surface area contributed by atoms with Gasteiger partial charge in [0.15, 0.2) is 5.82 Å². The molecule has 0 aliphatic carbocycles. The smallest absolute Gasteiger partial charge is 0.165 e. The molecule has 2 rings (SSSR count). The molecular formula is C13H15N3O2. The molecule has 0 saturated carbocycles. The van der Waals surface area contributed by atoms with Crippen LogP contribution in [0.15, 0.2) is 30.5 Å². The Morgan fingerprint density at radius 1 is 1.11 bits per heavy atom. The predicted molar refractivity (Wildman–Crippen MR) is 70.1 cm³/mol. The first-order chi connectivity index (χ1) is 8.78. The van der Waals surface area contributed by atoms with Crippen molar-refractivity contribution in [3.8, 4) is 22.9 Å². The van der Waals surface area contributed by atoms with Gasteiger partial charge in [0.05, 0.1) is 19.8 Å². The minimum atomic E-state index is 0.612. The van der Waals surface area contributed by atoms with Crippen LogP contribution in [0.3, 0.4) is 0 Å². The third-order valence-corrected chi connectivity index (χ3v) is 2.56. The first-order valence-electron chi connectivity index (χ1n) is 5.51. The van der Waals surface area contributed by atoms with E-state index in [2.05, 4.69) is 15.3 Å². The van der Waals surface area contributed by atoms with Crippen LogP contribution in [-0.4, -0.2) is 31.2 Å². The maximum atomic E-state index is 5.34. The third kappa shape index (κ3) is 2.34. The van der Waals surface area contributed by atoms with E-state index in [1.807, 2.05) is 25.2 Å². The molecule has 0 aliphatic rings. The van der Waals surface area contributed by atoms with Gasteiger partial charge in [-0.2, -0.15) is 0 Å². The molecule has 1 heterocycles. The van der Waals surface area contributed by atoms with Gasteiger partial charge in [0.1, 0.15) is 17.3 Å². The van der Waals surface area contributed by atoms with Crippen molar-refractivity contribution >= 4 is 5.82 Å². The summed E-state index contributed by atoms with van der Waals surface area (Å²) in [6.07, 6.45) is 1.71. The molecular weight excluding hydrogens is 230 g/mol. The fourth-order valence-electron chi connectivity index (χ4n) is 1.61. The number of methoxy groups -OCH3 is 2. The van der Waals surface area contributed by atoms with Crippen LogP contribution >= 0.6 is 0 Å². The maximum Gasteiger partial charge on any atom is 0.165 e. The summed E-state index contributed by atoms with van der Waals surface area (Å²) < 4.78 is 10.5. The lowest BCUT2D eigenvalue weighted by Gasteiger charge is -2.10. The summed E-state index contributed by atoms with van der Waals surface area (Å²) in [5.74, 6) is 2.79. The third-order valence-electron chi connectivity index (χ3n) is 2.56. The fraction of sp³-hybridized carbons (Fsp3) is 0.231. The molecule has 18 heavy (non-hydrogen) atoms. The van der Waals surface area contributed by atoms with Gasteiger partial charge in [0.25, 0.3) is 0 Å². The molecule has 0 spiro atoms. The molecule has 5 heteroatoms. The van der Waals surface area contributed by atoms with Crippen LogP contribution in [0.25, 0.3) is 11.4 Å². The monoisotopic (exact) mass is 245 g/mol. The van der Waals surface area contributed by atoms with E-state index < -0.39 is 0 Å². The second-order valence-electron chi connectivity index (χ2n) is 3.58. The zero-order chi connectivity index (χ0) is 13.0. The van der Waals surface area contributed by atoms with Gasteiger partial charge in [-0.05, 0) is 18.2 Å². The van der Waals surface area contributed by atoms with Gasteiger partial charge < -0.3 is 14.8 Å². The molecule has 1 aromatic carbocycles. The molecule has 2 aromatic rings. The normalized spacial score (nSPS) is 9.94. The number of anilines is 1. The Hall–Kier alpha value is -2.30. The van der Waals surface area contributed by atoms with Crippen molar-refractivity contribution in [2.24, 2.45) is 0 Å². The molecule has 94 valence electrons. The number of benzene rings is 1. The second kappa shape index (κ2) is 5.35. The zero-order valence-corrected chi connectivity index (χ0v) is 10.6. The molecule has 0 amide bonds. The lowest BCUT2D eigenvalue weighted by atomic mass is 10.1. The molecule has 0 atom stereocenters. The average Bonchev–Trinajstić information content (AvgIpc) is 2.46. The Bertz CT molecular complexity index is 544. The van der Waals surface area contributed by atoms with E-state index in [1.54, 1.807) is 26.5 Å². The quantitative estimate of drug-likeness (QED) is 0.895. The van der Waals surface area contributed by atoms with Gasteiger partial charge in [-0.3, -0.25) is 0 Å². The van der Waals surface area contributed by atoms with Crippen LogP contribution in [0.1, 0.15) is 0 Å². The first-order valence-corrected chi connectivity index (χ1v) is 5.51. The standard InChI is InChI=1S/C13H15N3O2/c1-14-12-6-7-15-13(16-12)10-5-4-9(17-2)8-11(10)18-3/h4-8H,1-3H3,(H,14,15,16). The highest BCUT2D eigenvalue weighted by Crippen LogP contribution is 2.31. The van der Waals surface area contributed by atoms with Gasteiger partial charge >= 0.3 is 0 Å². The van der Waals surface area contributed by atoms with Crippen molar-refractivity contribution < 1.29 is 9.47 Å². The summed E-state index contributed by atoms with van der Waals surface area (Å²) in [7, 11) is 5.05. The summed E-state index contributed by atoms with van der Waals surface area (Å²) in [6.45, 7) is 0. The first kappa shape index (κ1) is 12.2. The van der Waals surface area contributed by atoms with Crippen molar-refractivity contribution in [3.05, 3.63) is 30.5 Å². The molecule has 5 nitrogen and oxygen atoms in total. The van der Waals surface area contributed by atoms with E-state index in [9.17, 15) is 0 Å². The summed E-state index contributed by atoms with van der Waals surface area (Å²) in [6, 6.07) is 7.35. The van der Waals surface area contributed by atoms with E-state index in [0.29, 0.717) is 11.6 Å². The van der Waals surface area contributed by atoms with Gasteiger partial charge in [-0.15, -0.1) is 0 Å². The number of hydrogen-bond donors (Lipinski definition) is 1. The van der Waals surface area contributed by atoms with Crippen molar-refractivity contribution in [1.82, 2.24) is 9.97 Å². The molecule has 1 N–H and O–H groups in total. The number of hydrogen-bond acceptors (Lipinski definition) is 5. The van der Waals surface area contributed by atoms with Crippen LogP contribution in [0.2, 0.25) is 0 Å². The Kier molecular flexibility index (Phi) is 3.62. The summed E-state index contributed by atoms with van der Waals surface area (Å²) in [5.41, 5.74) is 0.829. The minimum Gasteiger partial charge on any atom is -0.497 e. The van der Waals surface area contributed by atoms with Gasteiger partial charge in [0, 0.05) is 19.3 Å². The van der Waals surface area contributed by atoms with Crippen LogP contribution in [0.4, 0.5) is 5.82 Å². The van der Waals surface area contributed by atoms with Gasteiger partial charge in [0.2, 0.25) is 0 Å². The lowest BCUT2D eigenvalue weighted by molar-refractivity contribution is 0.395. The number of rotatable bonds is 4. The average molecular weight is 245 g/mol. The van der Waals surface area contributed by atoms with Crippen LogP contribution < -0.4 is 14.8 Å².